The Morgan fingerprint density at radius 1 is 1.48 bits per heavy atom. The summed E-state index contributed by atoms with van der Waals surface area (Å²) in [6.07, 6.45) is -0.647. The van der Waals surface area contributed by atoms with Gasteiger partial charge < -0.3 is 15.6 Å². The molecule has 0 aliphatic rings. The number of benzene rings is 1. The molecule has 1 aromatic rings. The number of halogens is 1. The van der Waals surface area contributed by atoms with Crippen LogP contribution in [0, 0.1) is 0 Å². The molecule has 0 aromatic heterocycles. The van der Waals surface area contributed by atoms with Crippen LogP contribution >= 0.6 is 15.9 Å². The number of rotatable bonds is 7. The number of carboxylic acids is 1. The number of nitrogens with two attached hydrogens (primary N) is 1. The quantitative estimate of drug-likeness (QED) is 0.611. The lowest BCUT2D eigenvalue weighted by molar-refractivity contribution is -0.140. The average Bonchev–Trinajstić information content (AvgIpc) is 2.36. The van der Waals surface area contributed by atoms with Crippen LogP contribution in [0.25, 0.3) is 0 Å². The van der Waals surface area contributed by atoms with Crippen molar-refractivity contribution in [1.82, 2.24) is 4.72 Å². The third-order valence-electron chi connectivity index (χ3n) is 2.43. The molecule has 0 spiro atoms. The number of ether oxygens (including phenoxy) is 1. The Labute approximate surface area is 129 Å². The van der Waals surface area contributed by atoms with Gasteiger partial charge in [-0.2, -0.15) is 4.72 Å². The summed E-state index contributed by atoms with van der Waals surface area (Å²) in [5.41, 5.74) is 4.89. The first-order valence-electron chi connectivity index (χ1n) is 5.54. The molecule has 0 unspecified atom stereocenters. The maximum Gasteiger partial charge on any atom is 0.322 e. The second-order valence-electron chi connectivity index (χ2n) is 3.98. The molecule has 1 amide bonds. The minimum Gasteiger partial charge on any atom is -0.496 e. The molecule has 116 valence electrons. The highest BCUT2D eigenvalue weighted by Crippen LogP contribution is 2.27. The molecule has 8 nitrogen and oxygen atoms in total. The fraction of sp³-hybridized carbons (Fsp3) is 0.273. The number of hydrogen-bond acceptors (Lipinski definition) is 5. The van der Waals surface area contributed by atoms with E-state index in [1.165, 1.54) is 25.3 Å². The SMILES string of the molecule is COc1ccc(S(=O)(=O)N[C@@H](CC(N)=O)C(=O)O)cc1Br. The summed E-state index contributed by atoms with van der Waals surface area (Å²) in [4.78, 5) is 21.5. The Hall–Kier alpha value is -1.65. The third-order valence-corrected chi connectivity index (χ3v) is 4.52. The molecule has 0 saturated carbocycles. The van der Waals surface area contributed by atoms with E-state index >= 15 is 0 Å². The maximum atomic E-state index is 12.1. The van der Waals surface area contributed by atoms with Crippen molar-refractivity contribution in [1.29, 1.82) is 0 Å². The standard InChI is InChI=1S/C11H13BrN2O6S/c1-20-9-3-2-6(4-7(9)12)21(18,19)14-8(11(16)17)5-10(13)15/h2-4,8,14H,5H2,1H3,(H2,13,15)(H,16,17)/t8-/m0/s1. The number of primary amides is 1. The smallest absolute Gasteiger partial charge is 0.322 e. The molecule has 0 bridgehead atoms. The van der Waals surface area contributed by atoms with Crippen LogP contribution < -0.4 is 15.2 Å². The minimum absolute atomic E-state index is 0.175. The van der Waals surface area contributed by atoms with Crippen LogP contribution in [0.2, 0.25) is 0 Å². The molecular weight excluding hydrogens is 368 g/mol. The normalized spacial score (nSPS) is 12.7. The predicted molar refractivity (Wildman–Crippen MR) is 76.3 cm³/mol. The summed E-state index contributed by atoms with van der Waals surface area (Å²) in [5.74, 6) is -2.01. The van der Waals surface area contributed by atoms with Gasteiger partial charge in [-0.25, -0.2) is 8.42 Å². The van der Waals surface area contributed by atoms with Gasteiger partial charge in [0.25, 0.3) is 0 Å². The predicted octanol–water partition coefficient (Wildman–Crippen LogP) is 0.0646. The van der Waals surface area contributed by atoms with Crippen LogP contribution in [0.15, 0.2) is 27.6 Å². The van der Waals surface area contributed by atoms with Crippen molar-refractivity contribution < 1.29 is 27.9 Å². The van der Waals surface area contributed by atoms with Gasteiger partial charge in [0.15, 0.2) is 0 Å². The van der Waals surface area contributed by atoms with Crippen LogP contribution in [-0.4, -0.2) is 38.6 Å². The highest BCUT2D eigenvalue weighted by atomic mass is 79.9. The maximum absolute atomic E-state index is 12.1. The van der Waals surface area contributed by atoms with Gasteiger partial charge >= 0.3 is 5.97 Å². The lowest BCUT2D eigenvalue weighted by Gasteiger charge is -2.14. The molecule has 4 N–H and O–H groups in total. The van der Waals surface area contributed by atoms with E-state index in [0.29, 0.717) is 10.2 Å². The van der Waals surface area contributed by atoms with Crippen LogP contribution in [-0.2, 0) is 19.6 Å². The van der Waals surface area contributed by atoms with Crippen molar-refractivity contribution >= 4 is 37.8 Å². The fourth-order valence-corrected chi connectivity index (χ4v) is 3.36. The number of amides is 1. The Morgan fingerprint density at radius 3 is 2.52 bits per heavy atom. The summed E-state index contributed by atoms with van der Waals surface area (Å²) in [6, 6.07) is 2.27. The van der Waals surface area contributed by atoms with E-state index < -0.39 is 34.4 Å². The zero-order chi connectivity index (χ0) is 16.2. The highest BCUT2D eigenvalue weighted by molar-refractivity contribution is 9.10. The molecule has 1 aromatic carbocycles. The number of aliphatic carboxylic acids is 1. The molecule has 0 aliphatic heterocycles. The van der Waals surface area contributed by atoms with Crippen molar-refractivity contribution in [3.63, 3.8) is 0 Å². The first-order valence-corrected chi connectivity index (χ1v) is 7.82. The van der Waals surface area contributed by atoms with Crippen molar-refractivity contribution in [3.8, 4) is 5.75 Å². The number of carbonyl (C=O) groups is 2. The van der Waals surface area contributed by atoms with Gasteiger partial charge in [0.1, 0.15) is 11.8 Å². The second-order valence-corrected chi connectivity index (χ2v) is 6.55. The molecule has 1 atom stereocenters. The third kappa shape index (κ3) is 4.69. The van der Waals surface area contributed by atoms with E-state index in [4.69, 9.17) is 15.6 Å². The summed E-state index contributed by atoms with van der Waals surface area (Å²) >= 11 is 3.13. The molecule has 1 rings (SSSR count). The summed E-state index contributed by atoms with van der Waals surface area (Å²) in [5, 5.41) is 8.91. The number of carboxylic acid groups (broad SMARTS) is 1. The van der Waals surface area contributed by atoms with Gasteiger partial charge in [-0.1, -0.05) is 0 Å². The van der Waals surface area contributed by atoms with Crippen molar-refractivity contribution in [2.45, 2.75) is 17.4 Å². The van der Waals surface area contributed by atoms with Crippen LogP contribution in [0.5, 0.6) is 5.75 Å². The van der Waals surface area contributed by atoms with Gasteiger partial charge in [0, 0.05) is 0 Å². The van der Waals surface area contributed by atoms with Gasteiger partial charge in [-0.05, 0) is 34.1 Å². The highest BCUT2D eigenvalue weighted by Gasteiger charge is 2.27. The first kappa shape index (κ1) is 17.4. The molecule has 10 heteroatoms. The molecule has 0 aliphatic carbocycles. The Balaban J connectivity index is 3.07. The van der Waals surface area contributed by atoms with E-state index in [9.17, 15) is 18.0 Å². The topological polar surface area (TPSA) is 136 Å². The first-order chi connectivity index (χ1) is 9.67. The summed E-state index contributed by atoms with van der Waals surface area (Å²) < 4.78 is 31.5. The Kier molecular flexibility index (Phi) is 5.70. The second kappa shape index (κ2) is 6.87. The van der Waals surface area contributed by atoms with Crippen molar-refractivity contribution in [2.75, 3.05) is 7.11 Å². The Morgan fingerprint density at radius 2 is 2.10 bits per heavy atom. The largest absolute Gasteiger partial charge is 0.496 e. The van der Waals surface area contributed by atoms with Gasteiger partial charge in [0.2, 0.25) is 15.9 Å². The van der Waals surface area contributed by atoms with Crippen LogP contribution in [0.4, 0.5) is 0 Å². The van der Waals surface area contributed by atoms with Crippen molar-refractivity contribution in [3.05, 3.63) is 22.7 Å². The van der Waals surface area contributed by atoms with Crippen LogP contribution in [0.3, 0.4) is 0 Å². The number of carbonyl (C=O) groups excluding carboxylic acids is 1. The molecule has 0 radical (unpaired) electrons. The lowest BCUT2D eigenvalue weighted by atomic mass is 10.2. The monoisotopic (exact) mass is 380 g/mol. The number of sulfonamides is 1. The molecule has 0 fully saturated rings. The molecule has 0 saturated heterocycles. The van der Waals surface area contributed by atoms with E-state index in [0.717, 1.165) is 0 Å². The van der Waals surface area contributed by atoms with Crippen LogP contribution in [0.1, 0.15) is 6.42 Å². The zero-order valence-corrected chi connectivity index (χ0v) is 13.3. The lowest BCUT2D eigenvalue weighted by Crippen LogP contribution is -2.43. The fourth-order valence-electron chi connectivity index (χ4n) is 1.45. The van der Waals surface area contributed by atoms with Crippen molar-refractivity contribution in [2.24, 2.45) is 5.73 Å². The molecule has 21 heavy (non-hydrogen) atoms. The number of hydrogen-bond donors (Lipinski definition) is 3. The van der Waals surface area contributed by atoms with E-state index in [-0.39, 0.29) is 4.90 Å². The van der Waals surface area contributed by atoms with E-state index in [1.54, 1.807) is 0 Å². The average molecular weight is 381 g/mol. The number of nitrogens with one attached hydrogen (secondary N) is 1. The zero-order valence-electron chi connectivity index (χ0n) is 10.9. The Bertz CT molecular complexity index is 661. The van der Waals surface area contributed by atoms with Gasteiger partial charge in [0.05, 0.1) is 22.9 Å². The van der Waals surface area contributed by atoms with Gasteiger partial charge in [-0.15, -0.1) is 0 Å². The summed E-state index contributed by atoms with van der Waals surface area (Å²) in [7, 11) is -2.71. The van der Waals surface area contributed by atoms with Gasteiger partial charge in [-0.3, -0.25) is 9.59 Å². The molecular formula is C11H13BrN2O6S. The summed E-state index contributed by atoms with van der Waals surface area (Å²) in [6.45, 7) is 0. The number of methoxy groups -OCH3 is 1. The van der Waals surface area contributed by atoms with E-state index in [1.807, 2.05) is 4.72 Å². The minimum atomic E-state index is -4.12. The van der Waals surface area contributed by atoms with E-state index in [2.05, 4.69) is 15.9 Å². The molecule has 0 heterocycles.